The SMILES string of the molecule is Nc1cc(OCCC2CCCN2)cc(C(F)(F)F)c1. The predicted molar refractivity (Wildman–Crippen MR) is 67.0 cm³/mol. The van der Waals surface area contributed by atoms with E-state index in [-0.39, 0.29) is 11.4 Å². The van der Waals surface area contributed by atoms with Crippen LogP contribution in [0.4, 0.5) is 18.9 Å². The minimum absolute atomic E-state index is 0.0591. The number of rotatable bonds is 4. The van der Waals surface area contributed by atoms with Crippen LogP contribution >= 0.6 is 0 Å². The van der Waals surface area contributed by atoms with Crippen molar-refractivity contribution in [1.82, 2.24) is 5.32 Å². The standard InChI is InChI=1S/C13H17F3N2O/c14-13(15,16)9-6-10(17)8-12(7-9)19-5-3-11-2-1-4-18-11/h6-8,11,18H,1-5,17H2. The van der Waals surface area contributed by atoms with Crippen molar-refractivity contribution in [2.45, 2.75) is 31.5 Å². The van der Waals surface area contributed by atoms with Crippen LogP contribution in [0.25, 0.3) is 0 Å². The first-order valence-electron chi connectivity index (χ1n) is 6.29. The number of nitrogens with two attached hydrogens (primary N) is 1. The highest BCUT2D eigenvalue weighted by Crippen LogP contribution is 2.33. The number of nitrogens with one attached hydrogen (secondary N) is 1. The number of ether oxygens (including phenoxy) is 1. The van der Waals surface area contributed by atoms with Crippen LogP contribution < -0.4 is 15.8 Å². The molecule has 1 heterocycles. The smallest absolute Gasteiger partial charge is 0.416 e. The highest BCUT2D eigenvalue weighted by Gasteiger charge is 2.31. The van der Waals surface area contributed by atoms with Gasteiger partial charge in [-0.2, -0.15) is 13.2 Å². The van der Waals surface area contributed by atoms with E-state index < -0.39 is 11.7 Å². The van der Waals surface area contributed by atoms with Crippen LogP contribution in [0.15, 0.2) is 18.2 Å². The topological polar surface area (TPSA) is 47.3 Å². The molecule has 1 fully saturated rings. The lowest BCUT2D eigenvalue weighted by Gasteiger charge is -2.13. The van der Waals surface area contributed by atoms with Crippen molar-refractivity contribution >= 4 is 5.69 Å². The highest BCUT2D eigenvalue weighted by molar-refractivity contribution is 5.48. The molecule has 0 bridgehead atoms. The average Bonchev–Trinajstić information content (AvgIpc) is 2.80. The second kappa shape index (κ2) is 5.69. The zero-order valence-corrected chi connectivity index (χ0v) is 10.5. The second-order valence-electron chi connectivity index (χ2n) is 4.72. The minimum atomic E-state index is -4.40. The first kappa shape index (κ1) is 14.0. The van der Waals surface area contributed by atoms with E-state index in [0.717, 1.165) is 37.9 Å². The first-order chi connectivity index (χ1) is 8.95. The van der Waals surface area contributed by atoms with Crippen LogP contribution in [0.5, 0.6) is 5.75 Å². The Hall–Kier alpha value is -1.43. The maximum absolute atomic E-state index is 12.6. The normalized spacial score (nSPS) is 19.6. The summed E-state index contributed by atoms with van der Waals surface area (Å²) < 4.78 is 43.1. The van der Waals surface area contributed by atoms with Gasteiger partial charge in [-0.25, -0.2) is 0 Å². The van der Waals surface area contributed by atoms with E-state index >= 15 is 0 Å². The van der Waals surface area contributed by atoms with Crippen LogP contribution in [-0.4, -0.2) is 19.2 Å². The molecule has 1 atom stereocenters. The third-order valence-electron chi connectivity index (χ3n) is 3.15. The van der Waals surface area contributed by atoms with Crippen molar-refractivity contribution < 1.29 is 17.9 Å². The molecule has 19 heavy (non-hydrogen) atoms. The molecule has 6 heteroatoms. The van der Waals surface area contributed by atoms with E-state index in [4.69, 9.17) is 10.5 Å². The van der Waals surface area contributed by atoms with Gasteiger partial charge < -0.3 is 15.8 Å². The molecule has 2 rings (SSSR count). The van der Waals surface area contributed by atoms with Gasteiger partial charge in [0.15, 0.2) is 0 Å². The zero-order chi connectivity index (χ0) is 13.9. The van der Waals surface area contributed by atoms with Crippen molar-refractivity contribution in [1.29, 1.82) is 0 Å². The summed E-state index contributed by atoms with van der Waals surface area (Å²) in [6.45, 7) is 1.39. The van der Waals surface area contributed by atoms with E-state index in [1.807, 2.05) is 0 Å². The number of alkyl halides is 3. The maximum Gasteiger partial charge on any atom is 0.416 e. The van der Waals surface area contributed by atoms with E-state index in [1.54, 1.807) is 0 Å². The Labute approximate surface area is 109 Å². The van der Waals surface area contributed by atoms with E-state index in [0.29, 0.717) is 12.6 Å². The molecule has 1 aliphatic heterocycles. The fourth-order valence-electron chi connectivity index (χ4n) is 2.19. The molecule has 1 aliphatic rings. The van der Waals surface area contributed by atoms with Crippen molar-refractivity contribution in [2.24, 2.45) is 0 Å². The molecule has 3 N–H and O–H groups in total. The first-order valence-corrected chi connectivity index (χ1v) is 6.29. The Balaban J connectivity index is 1.94. The Kier molecular flexibility index (Phi) is 4.19. The van der Waals surface area contributed by atoms with Crippen LogP contribution in [0.3, 0.4) is 0 Å². The van der Waals surface area contributed by atoms with Gasteiger partial charge in [-0.1, -0.05) is 0 Å². The molecule has 106 valence electrons. The largest absolute Gasteiger partial charge is 0.493 e. The molecule has 1 saturated heterocycles. The molecule has 0 aromatic heterocycles. The molecule has 1 aromatic rings. The number of benzene rings is 1. The number of hydrogen-bond donors (Lipinski definition) is 2. The molecule has 0 aliphatic carbocycles. The summed E-state index contributed by atoms with van der Waals surface area (Å²) >= 11 is 0. The quantitative estimate of drug-likeness (QED) is 0.830. The Bertz CT molecular complexity index is 428. The molecule has 0 saturated carbocycles. The third-order valence-corrected chi connectivity index (χ3v) is 3.15. The Morgan fingerprint density at radius 1 is 1.32 bits per heavy atom. The number of anilines is 1. The fourth-order valence-corrected chi connectivity index (χ4v) is 2.19. The molecule has 0 amide bonds. The average molecular weight is 274 g/mol. The molecule has 0 radical (unpaired) electrons. The zero-order valence-electron chi connectivity index (χ0n) is 10.5. The molecule has 1 aromatic carbocycles. The highest BCUT2D eigenvalue weighted by atomic mass is 19.4. The summed E-state index contributed by atoms with van der Waals surface area (Å²) in [5.74, 6) is 0.172. The van der Waals surface area contributed by atoms with Gasteiger partial charge in [0.25, 0.3) is 0 Å². The van der Waals surface area contributed by atoms with Crippen LogP contribution in [0.2, 0.25) is 0 Å². The van der Waals surface area contributed by atoms with E-state index in [1.165, 1.54) is 6.07 Å². The summed E-state index contributed by atoms with van der Waals surface area (Å²) in [4.78, 5) is 0. The third kappa shape index (κ3) is 4.02. The number of halogens is 3. The van der Waals surface area contributed by atoms with Gasteiger partial charge >= 0.3 is 6.18 Å². The fraction of sp³-hybridized carbons (Fsp3) is 0.538. The van der Waals surface area contributed by atoms with Gasteiger partial charge in [-0.3, -0.25) is 0 Å². The van der Waals surface area contributed by atoms with Crippen molar-refractivity contribution in [3.63, 3.8) is 0 Å². The van der Waals surface area contributed by atoms with Gasteiger partial charge in [-0.15, -0.1) is 0 Å². The minimum Gasteiger partial charge on any atom is -0.493 e. The monoisotopic (exact) mass is 274 g/mol. The van der Waals surface area contributed by atoms with Crippen LogP contribution in [0, 0.1) is 0 Å². The Morgan fingerprint density at radius 3 is 2.74 bits per heavy atom. The van der Waals surface area contributed by atoms with Gasteiger partial charge in [0.1, 0.15) is 5.75 Å². The van der Waals surface area contributed by atoms with Crippen molar-refractivity contribution in [3.8, 4) is 5.75 Å². The van der Waals surface area contributed by atoms with Crippen molar-refractivity contribution in [2.75, 3.05) is 18.9 Å². The second-order valence-corrected chi connectivity index (χ2v) is 4.72. The molecule has 0 spiro atoms. The summed E-state index contributed by atoms with van der Waals surface area (Å²) in [7, 11) is 0. The van der Waals surface area contributed by atoms with Gasteiger partial charge in [0, 0.05) is 17.8 Å². The summed E-state index contributed by atoms with van der Waals surface area (Å²) in [5.41, 5.74) is 4.74. The molecule has 3 nitrogen and oxygen atoms in total. The van der Waals surface area contributed by atoms with E-state index in [2.05, 4.69) is 5.32 Å². The molecule has 1 unspecified atom stereocenters. The summed E-state index contributed by atoms with van der Waals surface area (Å²) in [5, 5.41) is 3.31. The van der Waals surface area contributed by atoms with Crippen LogP contribution in [0.1, 0.15) is 24.8 Å². The summed E-state index contributed by atoms with van der Waals surface area (Å²) in [6, 6.07) is 3.71. The van der Waals surface area contributed by atoms with Gasteiger partial charge in [-0.05, 0) is 37.9 Å². The number of nitrogen functional groups attached to an aromatic ring is 1. The lowest BCUT2D eigenvalue weighted by atomic mass is 10.1. The molecular formula is C13H17F3N2O. The predicted octanol–water partition coefficient (Wildman–Crippen LogP) is 2.81. The van der Waals surface area contributed by atoms with Crippen molar-refractivity contribution in [3.05, 3.63) is 23.8 Å². The Morgan fingerprint density at radius 2 is 2.11 bits per heavy atom. The maximum atomic E-state index is 12.6. The van der Waals surface area contributed by atoms with Gasteiger partial charge in [0.2, 0.25) is 0 Å². The number of hydrogen-bond acceptors (Lipinski definition) is 3. The van der Waals surface area contributed by atoms with Crippen LogP contribution in [-0.2, 0) is 6.18 Å². The summed E-state index contributed by atoms with van der Waals surface area (Å²) in [6.07, 6.45) is -1.38. The molecular weight excluding hydrogens is 257 g/mol. The lowest BCUT2D eigenvalue weighted by Crippen LogP contribution is -2.23. The lowest BCUT2D eigenvalue weighted by molar-refractivity contribution is -0.137. The van der Waals surface area contributed by atoms with Gasteiger partial charge in [0.05, 0.1) is 12.2 Å². The van der Waals surface area contributed by atoms with E-state index in [9.17, 15) is 13.2 Å².